The molecule has 0 aliphatic carbocycles. The van der Waals surface area contributed by atoms with E-state index in [0.29, 0.717) is 6.04 Å². The molecule has 1 heterocycles. The maximum Gasteiger partial charge on any atom is 0.193 e. The number of benzene rings is 1. The smallest absolute Gasteiger partial charge is 0.193 e. The zero-order chi connectivity index (χ0) is 17.4. The van der Waals surface area contributed by atoms with E-state index in [4.69, 9.17) is 0 Å². The van der Waals surface area contributed by atoms with Crippen LogP contribution in [0, 0.1) is 0 Å². The van der Waals surface area contributed by atoms with E-state index < -0.39 is 0 Å². The summed E-state index contributed by atoms with van der Waals surface area (Å²) in [7, 11) is 1.87. The van der Waals surface area contributed by atoms with Gasteiger partial charge in [0.05, 0.1) is 0 Å². The van der Waals surface area contributed by atoms with Crippen LogP contribution in [0.25, 0.3) is 5.57 Å². The van der Waals surface area contributed by atoms with Gasteiger partial charge in [0.1, 0.15) is 0 Å². The van der Waals surface area contributed by atoms with Crippen LogP contribution in [-0.4, -0.2) is 61.6 Å². The van der Waals surface area contributed by atoms with Crippen LogP contribution >= 0.6 is 0 Å². The summed E-state index contributed by atoms with van der Waals surface area (Å²) >= 11 is 0. The van der Waals surface area contributed by atoms with Crippen molar-refractivity contribution in [2.75, 3.05) is 39.8 Å². The van der Waals surface area contributed by atoms with Gasteiger partial charge in [-0.05, 0) is 37.9 Å². The third kappa shape index (κ3) is 5.10. The zero-order valence-electron chi connectivity index (χ0n) is 15.6. The van der Waals surface area contributed by atoms with Crippen LogP contribution in [-0.2, 0) is 0 Å². The van der Waals surface area contributed by atoms with Gasteiger partial charge in [-0.25, -0.2) is 0 Å². The molecule has 1 aromatic rings. The van der Waals surface area contributed by atoms with Crippen molar-refractivity contribution in [2.24, 2.45) is 4.99 Å². The van der Waals surface area contributed by atoms with Crippen molar-refractivity contribution < 1.29 is 0 Å². The lowest BCUT2D eigenvalue weighted by atomic mass is 10.00. The van der Waals surface area contributed by atoms with Crippen LogP contribution in [0.4, 0.5) is 0 Å². The second kappa shape index (κ2) is 9.48. The molecule has 1 aliphatic rings. The van der Waals surface area contributed by atoms with Crippen molar-refractivity contribution in [3.05, 3.63) is 42.0 Å². The molecule has 0 saturated carbocycles. The fraction of sp³-hybridized carbons (Fsp3) is 0.550. The highest BCUT2D eigenvalue weighted by atomic mass is 15.3. The second-order valence-electron chi connectivity index (χ2n) is 6.49. The number of likely N-dealkylation sites (N-methyl/N-ethyl adjacent to an activating group) is 1. The van der Waals surface area contributed by atoms with Gasteiger partial charge in [-0.15, -0.1) is 0 Å². The number of aliphatic imine (C=N–C) groups is 1. The molecule has 1 aliphatic heterocycles. The Morgan fingerprint density at radius 1 is 1.29 bits per heavy atom. The third-order valence-electron chi connectivity index (χ3n) is 4.68. The molecule has 0 atom stereocenters. The van der Waals surface area contributed by atoms with Crippen molar-refractivity contribution in [3.63, 3.8) is 0 Å². The Labute approximate surface area is 147 Å². The topological polar surface area (TPSA) is 30.9 Å². The minimum absolute atomic E-state index is 0.588. The average Bonchev–Trinajstić information content (AvgIpc) is 2.62. The molecule has 0 aromatic heterocycles. The van der Waals surface area contributed by atoms with E-state index in [9.17, 15) is 0 Å². The summed E-state index contributed by atoms with van der Waals surface area (Å²) in [5.74, 6) is 1.01. The van der Waals surface area contributed by atoms with E-state index >= 15 is 0 Å². The Balaban J connectivity index is 1.86. The molecule has 0 spiro atoms. The van der Waals surface area contributed by atoms with Crippen molar-refractivity contribution >= 4 is 11.5 Å². The van der Waals surface area contributed by atoms with E-state index in [2.05, 4.69) is 77.3 Å². The lowest BCUT2D eigenvalue weighted by Crippen LogP contribution is -2.46. The summed E-state index contributed by atoms with van der Waals surface area (Å²) in [6.45, 7) is 11.7. The first-order chi connectivity index (χ1) is 11.7. The predicted molar refractivity (Wildman–Crippen MR) is 104 cm³/mol. The molecule has 0 amide bonds. The van der Waals surface area contributed by atoms with Crippen molar-refractivity contribution in [1.82, 2.24) is 15.1 Å². The molecule has 24 heavy (non-hydrogen) atoms. The van der Waals surface area contributed by atoms with Gasteiger partial charge < -0.3 is 10.2 Å². The van der Waals surface area contributed by atoms with Crippen LogP contribution in [0.1, 0.15) is 32.8 Å². The van der Waals surface area contributed by atoms with Crippen LogP contribution in [0.3, 0.4) is 0 Å². The van der Waals surface area contributed by atoms with E-state index in [1.54, 1.807) is 0 Å². The molecule has 4 heteroatoms. The maximum atomic E-state index is 4.46. The number of rotatable bonds is 6. The molecule has 0 bridgehead atoms. The van der Waals surface area contributed by atoms with Gasteiger partial charge in [0.15, 0.2) is 5.96 Å². The lowest BCUT2D eigenvalue weighted by Gasteiger charge is -2.31. The van der Waals surface area contributed by atoms with Crippen LogP contribution in [0.2, 0.25) is 0 Å². The quantitative estimate of drug-likeness (QED) is 0.643. The molecule has 4 nitrogen and oxygen atoms in total. The van der Waals surface area contributed by atoms with Gasteiger partial charge in [0.2, 0.25) is 0 Å². The fourth-order valence-corrected chi connectivity index (χ4v) is 3.20. The minimum Gasteiger partial charge on any atom is -0.355 e. The van der Waals surface area contributed by atoms with Crippen LogP contribution in [0.15, 0.2) is 41.4 Å². The highest BCUT2D eigenvalue weighted by molar-refractivity contribution is 5.81. The normalized spacial score (nSPS) is 15.8. The van der Waals surface area contributed by atoms with E-state index in [-0.39, 0.29) is 0 Å². The highest BCUT2D eigenvalue weighted by Crippen LogP contribution is 2.21. The van der Waals surface area contributed by atoms with Crippen molar-refractivity contribution in [2.45, 2.75) is 33.2 Å². The van der Waals surface area contributed by atoms with Crippen LogP contribution in [0.5, 0.6) is 0 Å². The highest BCUT2D eigenvalue weighted by Gasteiger charge is 2.16. The Morgan fingerprint density at radius 2 is 2.04 bits per heavy atom. The molecule has 1 N–H and O–H groups in total. The summed E-state index contributed by atoms with van der Waals surface area (Å²) in [5.41, 5.74) is 2.79. The maximum absolute atomic E-state index is 4.46. The monoisotopic (exact) mass is 328 g/mol. The first-order valence-electron chi connectivity index (χ1n) is 9.09. The molecular weight excluding hydrogens is 296 g/mol. The zero-order valence-corrected chi connectivity index (χ0v) is 15.6. The molecule has 0 radical (unpaired) electrons. The average molecular weight is 329 g/mol. The van der Waals surface area contributed by atoms with Gasteiger partial charge in [-0.3, -0.25) is 9.89 Å². The number of guanidine groups is 1. The van der Waals surface area contributed by atoms with Crippen molar-refractivity contribution in [1.29, 1.82) is 0 Å². The Hall–Kier alpha value is -1.81. The molecule has 2 rings (SSSR count). The van der Waals surface area contributed by atoms with E-state index in [1.165, 1.54) is 11.1 Å². The predicted octanol–water partition coefficient (Wildman–Crippen LogP) is 3.08. The lowest BCUT2D eigenvalue weighted by molar-refractivity contribution is 0.236. The van der Waals surface area contributed by atoms with E-state index in [1.807, 2.05) is 7.05 Å². The molecule has 0 unspecified atom stereocenters. The number of hydrogen-bond acceptors (Lipinski definition) is 2. The molecule has 132 valence electrons. The minimum atomic E-state index is 0.588. The molecule has 1 aromatic carbocycles. The SMILES string of the molecule is CCN(CCNC(=NC)N1CC=C(c2ccccc2)CC1)C(C)C. The first-order valence-corrected chi connectivity index (χ1v) is 9.09. The standard InChI is InChI=1S/C20H32N4/c1-5-23(17(2)3)16-13-22-20(21-4)24-14-11-19(12-15-24)18-9-7-6-8-10-18/h6-11,17H,5,12-16H2,1-4H3,(H,21,22). The molecular formula is C20H32N4. The number of nitrogens with zero attached hydrogens (tertiary/aromatic N) is 3. The van der Waals surface area contributed by atoms with Gasteiger partial charge in [-0.2, -0.15) is 0 Å². The summed E-state index contributed by atoms with van der Waals surface area (Å²) < 4.78 is 0. The Morgan fingerprint density at radius 3 is 2.58 bits per heavy atom. The third-order valence-corrected chi connectivity index (χ3v) is 4.68. The van der Waals surface area contributed by atoms with E-state index in [0.717, 1.165) is 45.1 Å². The van der Waals surface area contributed by atoms with Crippen molar-refractivity contribution in [3.8, 4) is 0 Å². The summed E-state index contributed by atoms with van der Waals surface area (Å²) in [4.78, 5) is 9.25. The van der Waals surface area contributed by atoms with Gasteiger partial charge >= 0.3 is 0 Å². The molecule has 0 saturated heterocycles. The summed E-state index contributed by atoms with van der Waals surface area (Å²) in [5, 5.41) is 3.52. The number of hydrogen-bond donors (Lipinski definition) is 1. The van der Waals surface area contributed by atoms with Gasteiger partial charge in [0.25, 0.3) is 0 Å². The number of nitrogens with one attached hydrogen (secondary N) is 1. The largest absolute Gasteiger partial charge is 0.355 e. The van der Waals surface area contributed by atoms with Gasteiger partial charge in [0, 0.05) is 39.3 Å². The Kier molecular flexibility index (Phi) is 7.32. The summed E-state index contributed by atoms with van der Waals surface area (Å²) in [6.07, 6.45) is 3.40. The first kappa shape index (κ1) is 18.5. The van der Waals surface area contributed by atoms with Crippen LogP contribution < -0.4 is 5.32 Å². The molecule has 0 fully saturated rings. The fourth-order valence-electron chi connectivity index (χ4n) is 3.20. The second-order valence-corrected chi connectivity index (χ2v) is 6.49. The van der Waals surface area contributed by atoms with Gasteiger partial charge in [-0.1, -0.05) is 43.3 Å². The summed E-state index contributed by atoms with van der Waals surface area (Å²) in [6, 6.07) is 11.3. The Bertz CT molecular complexity index is 548.